The molecule has 16 heavy (non-hydrogen) atoms. The second-order valence-corrected chi connectivity index (χ2v) is 3.90. The largest absolute Gasteiger partial charge is 0.396 e. The van der Waals surface area contributed by atoms with E-state index in [1.54, 1.807) is 0 Å². The van der Waals surface area contributed by atoms with E-state index in [2.05, 4.69) is 42.5 Å². The van der Waals surface area contributed by atoms with Gasteiger partial charge in [0.2, 0.25) is 0 Å². The molecular formula is C15H16O. The Balaban J connectivity index is 2.21. The standard InChI is InChI=1S/C15H16O/c16-11-10-14-8-4-5-9-15(14)12-13-6-2-1-3-7-13/h1-9,16H,10-12H2. The van der Waals surface area contributed by atoms with Gasteiger partial charge in [-0.2, -0.15) is 0 Å². The van der Waals surface area contributed by atoms with Gasteiger partial charge in [0, 0.05) is 6.61 Å². The fraction of sp³-hybridized carbons (Fsp3) is 0.200. The lowest BCUT2D eigenvalue weighted by atomic mass is 9.98. The second-order valence-electron chi connectivity index (χ2n) is 3.90. The van der Waals surface area contributed by atoms with E-state index in [0.29, 0.717) is 0 Å². The van der Waals surface area contributed by atoms with Crippen molar-refractivity contribution in [3.05, 3.63) is 71.3 Å². The summed E-state index contributed by atoms with van der Waals surface area (Å²) in [6.07, 6.45) is 1.68. The number of rotatable bonds is 4. The Bertz CT molecular complexity index is 434. The maximum absolute atomic E-state index is 9.01. The highest BCUT2D eigenvalue weighted by Crippen LogP contribution is 2.14. The maximum Gasteiger partial charge on any atom is 0.0471 e. The van der Waals surface area contributed by atoms with Crippen molar-refractivity contribution in [2.24, 2.45) is 0 Å². The average molecular weight is 212 g/mol. The van der Waals surface area contributed by atoms with Crippen molar-refractivity contribution in [2.75, 3.05) is 6.61 Å². The normalized spacial score (nSPS) is 10.3. The van der Waals surface area contributed by atoms with E-state index in [1.165, 1.54) is 16.7 Å². The number of aliphatic hydroxyl groups excluding tert-OH is 1. The molecule has 1 N–H and O–H groups in total. The third kappa shape index (κ3) is 2.71. The molecule has 0 amide bonds. The zero-order chi connectivity index (χ0) is 11.2. The van der Waals surface area contributed by atoms with Crippen LogP contribution in [0.25, 0.3) is 0 Å². The van der Waals surface area contributed by atoms with E-state index < -0.39 is 0 Å². The Kier molecular flexibility index (Phi) is 3.73. The van der Waals surface area contributed by atoms with Crippen molar-refractivity contribution in [3.8, 4) is 0 Å². The highest BCUT2D eigenvalue weighted by Gasteiger charge is 2.01. The molecule has 0 aliphatic rings. The lowest BCUT2D eigenvalue weighted by molar-refractivity contribution is 0.299. The minimum atomic E-state index is 0.214. The minimum absolute atomic E-state index is 0.214. The molecule has 0 heterocycles. The molecule has 0 spiro atoms. The van der Waals surface area contributed by atoms with Gasteiger partial charge in [-0.15, -0.1) is 0 Å². The number of benzene rings is 2. The third-order valence-corrected chi connectivity index (χ3v) is 2.74. The molecule has 0 aliphatic heterocycles. The first-order valence-corrected chi connectivity index (χ1v) is 5.61. The first-order valence-electron chi connectivity index (χ1n) is 5.61. The molecule has 0 bridgehead atoms. The van der Waals surface area contributed by atoms with Crippen molar-refractivity contribution in [2.45, 2.75) is 12.8 Å². The van der Waals surface area contributed by atoms with Gasteiger partial charge in [0.1, 0.15) is 0 Å². The number of hydrogen-bond acceptors (Lipinski definition) is 1. The fourth-order valence-corrected chi connectivity index (χ4v) is 1.91. The van der Waals surface area contributed by atoms with Crippen molar-refractivity contribution in [3.63, 3.8) is 0 Å². The van der Waals surface area contributed by atoms with Crippen LogP contribution in [0.4, 0.5) is 0 Å². The molecule has 1 nitrogen and oxygen atoms in total. The predicted molar refractivity (Wildman–Crippen MR) is 66.5 cm³/mol. The highest BCUT2D eigenvalue weighted by atomic mass is 16.2. The topological polar surface area (TPSA) is 20.2 Å². The number of hydrogen-bond donors (Lipinski definition) is 1. The average Bonchev–Trinajstić information content (AvgIpc) is 2.33. The lowest BCUT2D eigenvalue weighted by Crippen LogP contribution is -1.98. The molecule has 0 radical (unpaired) electrons. The van der Waals surface area contributed by atoms with Crippen LogP contribution in [0.15, 0.2) is 54.6 Å². The Morgan fingerprint density at radius 3 is 2.06 bits per heavy atom. The molecule has 2 rings (SSSR count). The van der Waals surface area contributed by atoms with E-state index in [4.69, 9.17) is 5.11 Å². The third-order valence-electron chi connectivity index (χ3n) is 2.74. The zero-order valence-corrected chi connectivity index (χ0v) is 9.26. The summed E-state index contributed by atoms with van der Waals surface area (Å²) in [5, 5.41) is 9.01. The summed E-state index contributed by atoms with van der Waals surface area (Å²) in [5.74, 6) is 0. The van der Waals surface area contributed by atoms with Crippen molar-refractivity contribution in [1.82, 2.24) is 0 Å². The summed E-state index contributed by atoms with van der Waals surface area (Å²) >= 11 is 0. The zero-order valence-electron chi connectivity index (χ0n) is 9.26. The molecule has 82 valence electrons. The van der Waals surface area contributed by atoms with E-state index in [0.717, 1.165) is 12.8 Å². The smallest absolute Gasteiger partial charge is 0.0471 e. The Labute approximate surface area is 96.4 Å². The van der Waals surface area contributed by atoms with Gasteiger partial charge in [-0.05, 0) is 29.5 Å². The monoisotopic (exact) mass is 212 g/mol. The van der Waals surface area contributed by atoms with Gasteiger partial charge < -0.3 is 5.11 Å². The summed E-state index contributed by atoms with van der Waals surface area (Å²) in [7, 11) is 0. The van der Waals surface area contributed by atoms with Crippen molar-refractivity contribution in [1.29, 1.82) is 0 Å². The van der Waals surface area contributed by atoms with Gasteiger partial charge in [-0.25, -0.2) is 0 Å². The van der Waals surface area contributed by atoms with Gasteiger partial charge in [-0.3, -0.25) is 0 Å². The van der Waals surface area contributed by atoms with Gasteiger partial charge in [0.05, 0.1) is 0 Å². The minimum Gasteiger partial charge on any atom is -0.396 e. The predicted octanol–water partition coefficient (Wildman–Crippen LogP) is 2.81. The van der Waals surface area contributed by atoms with E-state index in [-0.39, 0.29) is 6.61 Å². The van der Waals surface area contributed by atoms with Crippen LogP contribution in [0, 0.1) is 0 Å². The van der Waals surface area contributed by atoms with Crippen LogP contribution in [0.3, 0.4) is 0 Å². The first-order chi connectivity index (χ1) is 7.90. The van der Waals surface area contributed by atoms with Crippen molar-refractivity contribution >= 4 is 0 Å². The maximum atomic E-state index is 9.01. The van der Waals surface area contributed by atoms with Gasteiger partial charge in [-0.1, -0.05) is 54.6 Å². The fourth-order valence-electron chi connectivity index (χ4n) is 1.91. The Morgan fingerprint density at radius 1 is 0.750 bits per heavy atom. The molecule has 0 atom stereocenters. The quantitative estimate of drug-likeness (QED) is 0.826. The molecule has 2 aromatic rings. The molecule has 0 saturated heterocycles. The summed E-state index contributed by atoms with van der Waals surface area (Å²) in [6.45, 7) is 0.214. The van der Waals surface area contributed by atoms with E-state index in [9.17, 15) is 0 Å². The Morgan fingerprint density at radius 2 is 1.38 bits per heavy atom. The van der Waals surface area contributed by atoms with Crippen molar-refractivity contribution < 1.29 is 5.11 Å². The molecule has 0 aromatic heterocycles. The van der Waals surface area contributed by atoms with Gasteiger partial charge >= 0.3 is 0 Å². The van der Waals surface area contributed by atoms with Crippen LogP contribution in [0.1, 0.15) is 16.7 Å². The Hall–Kier alpha value is -1.60. The van der Waals surface area contributed by atoms with Crippen LogP contribution < -0.4 is 0 Å². The molecule has 0 unspecified atom stereocenters. The van der Waals surface area contributed by atoms with E-state index in [1.807, 2.05) is 12.1 Å². The number of aliphatic hydroxyl groups is 1. The van der Waals surface area contributed by atoms with Crippen LogP contribution in [0.2, 0.25) is 0 Å². The highest BCUT2D eigenvalue weighted by molar-refractivity contribution is 5.32. The molecular weight excluding hydrogens is 196 g/mol. The summed E-state index contributed by atoms with van der Waals surface area (Å²) < 4.78 is 0. The summed E-state index contributed by atoms with van der Waals surface area (Å²) in [4.78, 5) is 0. The van der Waals surface area contributed by atoms with Crippen LogP contribution in [-0.4, -0.2) is 11.7 Å². The lowest BCUT2D eigenvalue weighted by Gasteiger charge is -2.08. The molecule has 2 aromatic carbocycles. The summed E-state index contributed by atoms with van der Waals surface area (Å²) in [6, 6.07) is 18.7. The molecule has 0 saturated carbocycles. The molecule has 0 aliphatic carbocycles. The SMILES string of the molecule is OCCc1ccccc1Cc1ccccc1. The van der Waals surface area contributed by atoms with E-state index >= 15 is 0 Å². The van der Waals surface area contributed by atoms with Gasteiger partial charge in [0.25, 0.3) is 0 Å². The first kappa shape index (κ1) is 10.9. The van der Waals surface area contributed by atoms with Crippen LogP contribution in [0.5, 0.6) is 0 Å². The summed E-state index contributed by atoms with van der Waals surface area (Å²) in [5.41, 5.74) is 3.87. The second kappa shape index (κ2) is 5.47. The molecule has 1 heteroatoms. The molecule has 0 fully saturated rings. The van der Waals surface area contributed by atoms with Gasteiger partial charge in [0.15, 0.2) is 0 Å². The van der Waals surface area contributed by atoms with Crippen LogP contribution >= 0.6 is 0 Å². The van der Waals surface area contributed by atoms with Crippen LogP contribution in [-0.2, 0) is 12.8 Å².